The third kappa shape index (κ3) is 3.57. The van der Waals surface area contributed by atoms with Crippen LogP contribution in [-0.2, 0) is 9.53 Å². The zero-order valence-electron chi connectivity index (χ0n) is 13.9. The molecule has 0 bridgehead atoms. The van der Waals surface area contributed by atoms with Crippen molar-refractivity contribution in [2.45, 2.75) is 13.0 Å². The lowest BCUT2D eigenvalue weighted by Crippen LogP contribution is -2.45. The first-order chi connectivity index (χ1) is 12.5. The highest BCUT2D eigenvalue weighted by Crippen LogP contribution is 2.32. The first-order valence-electron chi connectivity index (χ1n) is 8.00. The van der Waals surface area contributed by atoms with Crippen molar-refractivity contribution in [2.75, 3.05) is 6.61 Å². The molecule has 0 saturated carbocycles. The topological polar surface area (TPSA) is 50.4 Å². The van der Waals surface area contributed by atoms with Gasteiger partial charge in [-0.15, -0.1) is 0 Å². The average Bonchev–Trinajstić information content (AvgIpc) is 2.64. The molecule has 0 saturated heterocycles. The van der Waals surface area contributed by atoms with E-state index in [1.807, 2.05) is 30.3 Å². The molecule has 0 amide bonds. The van der Waals surface area contributed by atoms with Crippen molar-refractivity contribution in [1.82, 2.24) is 10.6 Å². The second-order valence-electron chi connectivity index (χ2n) is 5.58. The molecule has 2 aromatic carbocycles. The van der Waals surface area contributed by atoms with E-state index in [4.69, 9.17) is 17.0 Å². The lowest BCUT2D eigenvalue weighted by molar-refractivity contribution is -0.138. The van der Waals surface area contributed by atoms with Crippen molar-refractivity contribution in [1.29, 1.82) is 0 Å². The van der Waals surface area contributed by atoms with Crippen LogP contribution >= 0.6 is 12.2 Å². The van der Waals surface area contributed by atoms with Gasteiger partial charge >= 0.3 is 5.97 Å². The first-order valence-corrected chi connectivity index (χ1v) is 8.41. The molecule has 134 valence electrons. The highest BCUT2D eigenvalue weighted by atomic mass is 32.1. The van der Waals surface area contributed by atoms with Crippen LogP contribution < -0.4 is 10.6 Å². The van der Waals surface area contributed by atoms with E-state index < -0.39 is 23.6 Å². The summed E-state index contributed by atoms with van der Waals surface area (Å²) >= 11 is 5.25. The third-order valence-corrected chi connectivity index (χ3v) is 4.13. The summed E-state index contributed by atoms with van der Waals surface area (Å²) in [7, 11) is 0. The van der Waals surface area contributed by atoms with Gasteiger partial charge in [0.2, 0.25) is 0 Å². The maximum absolute atomic E-state index is 13.7. The number of ether oxygens (including phenoxy) is 1. The largest absolute Gasteiger partial charge is 0.463 e. The summed E-state index contributed by atoms with van der Waals surface area (Å²) in [5.74, 6) is -2.53. The number of carbonyl (C=O) groups is 1. The van der Waals surface area contributed by atoms with E-state index in [9.17, 15) is 13.6 Å². The van der Waals surface area contributed by atoms with Crippen LogP contribution in [-0.4, -0.2) is 17.7 Å². The molecule has 7 heteroatoms. The average molecular weight is 374 g/mol. The monoisotopic (exact) mass is 374 g/mol. The Morgan fingerprint density at radius 3 is 2.54 bits per heavy atom. The SMILES string of the molecule is CCOC(=O)C1=C(c2ccccc2)NC(=S)N[C@@H]1c1ccc(F)c(F)c1. The minimum atomic E-state index is -1.00. The Labute approximate surface area is 154 Å². The molecule has 1 aliphatic rings. The lowest BCUT2D eigenvalue weighted by Gasteiger charge is -2.31. The summed E-state index contributed by atoms with van der Waals surface area (Å²) in [6, 6.07) is 11.8. The van der Waals surface area contributed by atoms with E-state index in [1.54, 1.807) is 6.92 Å². The Hall–Kier alpha value is -2.80. The standard InChI is InChI=1S/C19H16F2N2O2S/c1-2-25-18(24)15-16(11-6-4-3-5-7-11)22-19(26)23-17(15)12-8-9-13(20)14(21)10-12/h3-10,17H,2H2,1H3,(H2,22,23,26)/t17-/m1/s1. The molecule has 4 nitrogen and oxygen atoms in total. The number of rotatable bonds is 4. The van der Waals surface area contributed by atoms with Gasteiger partial charge in [0.15, 0.2) is 16.7 Å². The molecule has 0 aliphatic carbocycles. The molecular formula is C19H16F2N2O2S. The number of esters is 1. The normalized spacial score (nSPS) is 16.7. The van der Waals surface area contributed by atoms with Crippen molar-refractivity contribution in [3.8, 4) is 0 Å². The van der Waals surface area contributed by atoms with Crippen molar-refractivity contribution in [3.05, 3.63) is 76.9 Å². The highest BCUT2D eigenvalue weighted by molar-refractivity contribution is 7.80. The van der Waals surface area contributed by atoms with Crippen molar-refractivity contribution >= 4 is 29.0 Å². The number of nitrogens with one attached hydrogen (secondary N) is 2. The van der Waals surface area contributed by atoms with Crippen LogP contribution in [0.5, 0.6) is 0 Å². The molecule has 1 atom stereocenters. The van der Waals surface area contributed by atoms with Gasteiger partial charge in [-0.05, 0) is 42.4 Å². The van der Waals surface area contributed by atoms with Gasteiger partial charge in [0.1, 0.15) is 0 Å². The van der Waals surface area contributed by atoms with Crippen molar-refractivity contribution in [3.63, 3.8) is 0 Å². The molecule has 0 fully saturated rings. The van der Waals surface area contributed by atoms with Gasteiger partial charge < -0.3 is 15.4 Å². The molecule has 0 unspecified atom stereocenters. The van der Waals surface area contributed by atoms with E-state index in [0.29, 0.717) is 11.3 Å². The van der Waals surface area contributed by atoms with Crippen LogP contribution in [0.2, 0.25) is 0 Å². The maximum atomic E-state index is 13.7. The van der Waals surface area contributed by atoms with E-state index in [0.717, 1.165) is 17.7 Å². The Balaban J connectivity index is 2.18. The second-order valence-corrected chi connectivity index (χ2v) is 5.99. The van der Waals surface area contributed by atoms with Crippen LogP contribution in [0.4, 0.5) is 8.78 Å². The van der Waals surface area contributed by atoms with Crippen LogP contribution in [0.3, 0.4) is 0 Å². The number of hydrogen-bond donors (Lipinski definition) is 2. The maximum Gasteiger partial charge on any atom is 0.338 e. The van der Waals surface area contributed by atoms with Gasteiger partial charge in [-0.2, -0.15) is 0 Å². The van der Waals surface area contributed by atoms with Crippen molar-refractivity contribution < 1.29 is 18.3 Å². The minimum absolute atomic E-state index is 0.180. The lowest BCUT2D eigenvalue weighted by atomic mass is 9.92. The second kappa shape index (κ2) is 7.61. The molecule has 0 spiro atoms. The number of benzene rings is 2. The molecule has 1 aliphatic heterocycles. The summed E-state index contributed by atoms with van der Waals surface area (Å²) in [6.45, 7) is 1.88. The van der Waals surface area contributed by atoms with E-state index in [1.165, 1.54) is 6.07 Å². The van der Waals surface area contributed by atoms with Gasteiger partial charge in [-0.3, -0.25) is 0 Å². The van der Waals surface area contributed by atoms with E-state index in [2.05, 4.69) is 10.6 Å². The van der Waals surface area contributed by atoms with Gasteiger partial charge in [0, 0.05) is 0 Å². The van der Waals surface area contributed by atoms with Crippen LogP contribution in [0.15, 0.2) is 54.1 Å². The van der Waals surface area contributed by atoms with Gasteiger partial charge in [0.25, 0.3) is 0 Å². The minimum Gasteiger partial charge on any atom is -0.463 e. The highest BCUT2D eigenvalue weighted by Gasteiger charge is 2.33. The molecule has 3 rings (SSSR count). The Bertz CT molecular complexity index is 884. The molecule has 2 N–H and O–H groups in total. The van der Waals surface area contributed by atoms with Gasteiger partial charge in [0.05, 0.1) is 23.9 Å². The quantitative estimate of drug-likeness (QED) is 0.634. The van der Waals surface area contributed by atoms with Gasteiger partial charge in [-0.25, -0.2) is 13.6 Å². The Kier molecular flexibility index (Phi) is 5.27. The predicted molar refractivity (Wildman–Crippen MR) is 98.0 cm³/mol. The Morgan fingerprint density at radius 2 is 1.88 bits per heavy atom. The zero-order valence-corrected chi connectivity index (χ0v) is 14.7. The molecule has 26 heavy (non-hydrogen) atoms. The van der Waals surface area contributed by atoms with Gasteiger partial charge in [-0.1, -0.05) is 36.4 Å². The van der Waals surface area contributed by atoms with Crippen LogP contribution in [0, 0.1) is 11.6 Å². The van der Waals surface area contributed by atoms with E-state index >= 15 is 0 Å². The molecule has 0 radical (unpaired) electrons. The summed E-state index contributed by atoms with van der Waals surface area (Å²) in [5, 5.41) is 6.19. The molecule has 2 aromatic rings. The molecule has 1 heterocycles. The fourth-order valence-electron chi connectivity index (χ4n) is 2.77. The summed E-state index contributed by atoms with van der Waals surface area (Å²) in [6.07, 6.45) is 0. The fourth-order valence-corrected chi connectivity index (χ4v) is 2.99. The third-order valence-electron chi connectivity index (χ3n) is 3.91. The first kappa shape index (κ1) is 18.0. The smallest absolute Gasteiger partial charge is 0.338 e. The Morgan fingerprint density at radius 1 is 1.15 bits per heavy atom. The van der Waals surface area contributed by atoms with Crippen LogP contribution in [0.1, 0.15) is 24.1 Å². The number of hydrogen-bond acceptors (Lipinski definition) is 3. The predicted octanol–water partition coefficient (Wildman–Crippen LogP) is 3.46. The summed E-state index contributed by atoms with van der Waals surface area (Å²) < 4.78 is 32.3. The summed E-state index contributed by atoms with van der Waals surface area (Å²) in [5.41, 5.74) is 1.82. The van der Waals surface area contributed by atoms with E-state index in [-0.39, 0.29) is 17.3 Å². The van der Waals surface area contributed by atoms with Crippen LogP contribution in [0.25, 0.3) is 5.70 Å². The molecular weight excluding hydrogens is 358 g/mol. The fraction of sp³-hybridized carbons (Fsp3) is 0.158. The zero-order chi connectivity index (χ0) is 18.7. The number of thiocarbonyl (C=S) groups is 1. The number of halogens is 2. The van der Waals surface area contributed by atoms with Crippen molar-refractivity contribution in [2.24, 2.45) is 0 Å². The molecule has 0 aromatic heterocycles. The summed E-state index contributed by atoms with van der Waals surface area (Å²) in [4.78, 5) is 12.7. The number of carbonyl (C=O) groups excluding carboxylic acids is 1.